The number of para-hydroxylation sites is 2. The molecule has 11 nitrogen and oxygen atoms in total. The second-order valence-electron chi connectivity index (χ2n) is 10.3. The molecule has 0 fully saturated rings. The van der Waals surface area contributed by atoms with Crippen molar-refractivity contribution in [2.75, 3.05) is 0 Å². The van der Waals surface area contributed by atoms with Crippen molar-refractivity contribution in [1.29, 1.82) is 0 Å². The minimum atomic E-state index is -4.42. The summed E-state index contributed by atoms with van der Waals surface area (Å²) in [6, 6.07) is 28.8. The summed E-state index contributed by atoms with van der Waals surface area (Å²) in [6.45, 7) is 1.32. The van der Waals surface area contributed by atoms with Gasteiger partial charge in [-0.1, -0.05) is 78.9 Å². The van der Waals surface area contributed by atoms with Crippen LogP contribution in [0.1, 0.15) is 34.2 Å². The highest BCUT2D eigenvalue weighted by molar-refractivity contribution is 7.55. The number of benzene rings is 4. The first-order valence-electron chi connectivity index (χ1n) is 14.1. The lowest BCUT2D eigenvalue weighted by atomic mass is 10.0. The van der Waals surface area contributed by atoms with Crippen molar-refractivity contribution in [3.63, 3.8) is 0 Å². The Bertz CT molecular complexity index is 1580. The molecule has 0 aliphatic rings. The molecule has 0 aliphatic carbocycles. The highest BCUT2D eigenvalue weighted by Crippen LogP contribution is 2.59. The molecule has 0 spiro atoms. The third kappa shape index (κ3) is 9.02. The van der Waals surface area contributed by atoms with E-state index in [4.69, 9.17) is 20.5 Å². The fraction of sp³-hybridized carbons (Fsp3) is 0.182. The van der Waals surface area contributed by atoms with Gasteiger partial charge in [-0.15, -0.1) is 0 Å². The molecular weight excluding hydrogens is 595 g/mol. The van der Waals surface area contributed by atoms with Gasteiger partial charge >= 0.3 is 7.60 Å². The third-order valence-electron chi connectivity index (χ3n) is 6.76. The van der Waals surface area contributed by atoms with Gasteiger partial charge in [0.25, 0.3) is 0 Å². The van der Waals surface area contributed by atoms with Gasteiger partial charge in [0.1, 0.15) is 17.5 Å². The molecule has 0 bridgehead atoms. The van der Waals surface area contributed by atoms with Crippen LogP contribution in [-0.4, -0.2) is 41.0 Å². The summed E-state index contributed by atoms with van der Waals surface area (Å²) < 4.78 is 26.8. The molecule has 45 heavy (non-hydrogen) atoms. The van der Waals surface area contributed by atoms with Gasteiger partial charge in [-0.05, 0) is 60.9 Å². The summed E-state index contributed by atoms with van der Waals surface area (Å²) in [5.74, 6) is -3.35. The summed E-state index contributed by atoms with van der Waals surface area (Å²) in [4.78, 5) is 38.6. The fourth-order valence-electron chi connectivity index (χ4n) is 4.41. The van der Waals surface area contributed by atoms with Gasteiger partial charge in [0, 0.05) is 5.56 Å². The van der Waals surface area contributed by atoms with Gasteiger partial charge in [0.15, 0.2) is 5.78 Å². The van der Waals surface area contributed by atoms with Crippen molar-refractivity contribution in [1.82, 2.24) is 10.6 Å². The monoisotopic (exact) mass is 630 g/mol. The molecule has 4 aromatic rings. The number of primary amides is 1. The van der Waals surface area contributed by atoms with Crippen molar-refractivity contribution in [2.45, 2.75) is 37.3 Å². The number of hydrogen-bond acceptors (Lipinski definition) is 8. The molecule has 7 N–H and O–H groups in total. The molecule has 0 radical (unpaired) electrons. The lowest BCUT2D eigenvalue weighted by Gasteiger charge is -2.30. The topological polar surface area (TPSA) is 183 Å². The molecule has 0 aromatic heterocycles. The Morgan fingerprint density at radius 3 is 1.71 bits per heavy atom. The van der Waals surface area contributed by atoms with Crippen LogP contribution < -0.4 is 31.1 Å². The summed E-state index contributed by atoms with van der Waals surface area (Å²) in [5, 5.41) is 15.7. The van der Waals surface area contributed by atoms with Crippen molar-refractivity contribution >= 4 is 25.3 Å². The number of amides is 3. The Kier molecular flexibility index (Phi) is 11.1. The summed E-state index contributed by atoms with van der Waals surface area (Å²) in [5.41, 5.74) is 12.8. The minimum absolute atomic E-state index is 0.174. The van der Waals surface area contributed by atoms with Crippen LogP contribution >= 0.6 is 7.60 Å². The second-order valence-corrected chi connectivity index (χ2v) is 12.2. The first kappa shape index (κ1) is 32.9. The van der Waals surface area contributed by atoms with Crippen molar-refractivity contribution in [3.05, 3.63) is 132 Å². The normalized spacial score (nSPS) is 13.8. The first-order valence-corrected chi connectivity index (χ1v) is 15.7. The van der Waals surface area contributed by atoms with Crippen LogP contribution in [-0.2, 0) is 20.6 Å². The predicted molar refractivity (Wildman–Crippen MR) is 169 cm³/mol. The van der Waals surface area contributed by atoms with Crippen LogP contribution in [0.15, 0.2) is 115 Å². The molecule has 3 amide bonds. The Hall–Kier alpha value is -4.96. The zero-order valence-electron chi connectivity index (χ0n) is 24.5. The van der Waals surface area contributed by atoms with Crippen LogP contribution in [0.2, 0.25) is 0 Å². The lowest BCUT2D eigenvalue weighted by molar-refractivity contribution is -0.132. The molecule has 4 atom stereocenters. The minimum Gasteiger partial charge on any atom is -0.414 e. The standard InChI is InChI=1S/C33H35N4O7P/c1-22(38)29(36-31(40)28(34)21-23-11-5-2-6-12-23)32(41)37-33(25-19-17-24(18-20-25)30(35)39)45(42,43-26-13-7-3-8-14-26)44-27-15-9-4-10-16-27/h2-20,22,28-29,33,38H,21,34H2,1H3,(H2,35,39)(H,36,40)(H,37,41). The van der Waals surface area contributed by atoms with E-state index in [1.807, 2.05) is 30.3 Å². The molecular formula is C33H35N4O7P. The first-order chi connectivity index (χ1) is 21.6. The Labute approximate surface area is 261 Å². The Balaban J connectivity index is 1.68. The molecule has 4 rings (SSSR count). The van der Waals surface area contributed by atoms with E-state index in [1.54, 1.807) is 60.7 Å². The SMILES string of the molecule is CC(O)C(NC(=O)C(N)Cc1ccccc1)C(=O)NC(c1ccc(C(N)=O)cc1)P(=O)(Oc1ccccc1)Oc1ccccc1. The number of nitrogens with two attached hydrogens (primary N) is 2. The van der Waals surface area contributed by atoms with Gasteiger partial charge in [0.05, 0.1) is 12.1 Å². The Morgan fingerprint density at radius 2 is 1.24 bits per heavy atom. The molecule has 4 unspecified atom stereocenters. The van der Waals surface area contributed by atoms with E-state index < -0.39 is 49.3 Å². The van der Waals surface area contributed by atoms with Crippen LogP contribution in [0.3, 0.4) is 0 Å². The van der Waals surface area contributed by atoms with Gasteiger partial charge < -0.3 is 36.3 Å². The van der Waals surface area contributed by atoms with E-state index in [-0.39, 0.29) is 29.0 Å². The number of carbonyl (C=O) groups is 3. The van der Waals surface area contributed by atoms with Crippen molar-refractivity contribution in [2.24, 2.45) is 11.5 Å². The maximum atomic E-state index is 14.8. The number of carbonyl (C=O) groups excluding carboxylic acids is 3. The van der Waals surface area contributed by atoms with Crippen molar-refractivity contribution < 1.29 is 33.1 Å². The summed E-state index contributed by atoms with van der Waals surface area (Å²) >= 11 is 0. The molecule has 0 heterocycles. The van der Waals surface area contributed by atoms with E-state index in [0.29, 0.717) is 0 Å². The van der Waals surface area contributed by atoms with Gasteiger partial charge in [-0.2, -0.15) is 0 Å². The fourth-order valence-corrected chi connectivity index (χ4v) is 6.31. The number of nitrogens with one attached hydrogen (secondary N) is 2. The lowest BCUT2D eigenvalue weighted by Crippen LogP contribution is -2.56. The Morgan fingerprint density at radius 1 is 0.756 bits per heavy atom. The van der Waals surface area contributed by atoms with Crippen LogP contribution in [0.4, 0.5) is 0 Å². The smallest absolute Gasteiger partial charge is 0.414 e. The highest BCUT2D eigenvalue weighted by Gasteiger charge is 2.43. The largest absolute Gasteiger partial charge is 0.457 e. The van der Waals surface area contributed by atoms with E-state index >= 15 is 0 Å². The third-order valence-corrected chi connectivity index (χ3v) is 8.75. The zero-order valence-corrected chi connectivity index (χ0v) is 25.4. The molecule has 0 saturated heterocycles. The average molecular weight is 631 g/mol. The van der Waals surface area contributed by atoms with E-state index in [0.717, 1.165) is 5.56 Å². The molecule has 0 aliphatic heterocycles. The number of aliphatic hydroxyl groups is 1. The summed E-state index contributed by atoms with van der Waals surface area (Å²) in [6.07, 6.45) is -1.18. The van der Waals surface area contributed by atoms with E-state index in [2.05, 4.69) is 10.6 Å². The average Bonchev–Trinajstić information content (AvgIpc) is 3.03. The predicted octanol–water partition coefficient (Wildman–Crippen LogP) is 3.69. The highest BCUT2D eigenvalue weighted by atomic mass is 31.2. The van der Waals surface area contributed by atoms with Gasteiger partial charge in [-0.3, -0.25) is 14.4 Å². The second kappa shape index (κ2) is 15.2. The van der Waals surface area contributed by atoms with Gasteiger partial charge in [0.2, 0.25) is 17.7 Å². The molecule has 12 heteroatoms. The van der Waals surface area contributed by atoms with Gasteiger partial charge in [-0.25, -0.2) is 4.57 Å². The van der Waals surface area contributed by atoms with Crippen LogP contribution in [0, 0.1) is 0 Å². The van der Waals surface area contributed by atoms with Crippen molar-refractivity contribution in [3.8, 4) is 11.5 Å². The number of aliphatic hydroxyl groups excluding tert-OH is 1. The maximum absolute atomic E-state index is 14.8. The van der Waals surface area contributed by atoms with Crippen LogP contribution in [0.25, 0.3) is 0 Å². The molecule has 0 saturated carbocycles. The van der Waals surface area contributed by atoms with E-state index in [1.165, 1.54) is 31.2 Å². The van der Waals surface area contributed by atoms with Crippen LogP contribution in [0.5, 0.6) is 11.5 Å². The van der Waals surface area contributed by atoms with E-state index in [9.17, 15) is 24.1 Å². The molecule has 234 valence electrons. The maximum Gasteiger partial charge on any atom is 0.457 e. The number of rotatable bonds is 14. The zero-order chi connectivity index (χ0) is 32.4. The summed E-state index contributed by atoms with van der Waals surface area (Å²) in [7, 11) is -4.42. The molecule has 4 aromatic carbocycles. The quantitative estimate of drug-likeness (QED) is 0.131. The number of hydrogen-bond donors (Lipinski definition) is 5.